The molecule has 0 bridgehead atoms. The summed E-state index contributed by atoms with van der Waals surface area (Å²) in [6.07, 6.45) is 35.5. The normalized spacial score (nSPS) is 12.7. The van der Waals surface area contributed by atoms with Gasteiger partial charge in [-0.05, 0) is 50.9 Å². The van der Waals surface area contributed by atoms with E-state index in [1.807, 2.05) is 0 Å². The zero-order valence-corrected chi connectivity index (χ0v) is 24.0. The molecule has 1 atom stereocenters. The fraction of sp³-hybridized carbons (Fsp3) is 0.844. The average molecular weight is 492 g/mol. The number of carbonyl (C=O) groups is 1. The molecule has 0 aromatic heterocycles. The van der Waals surface area contributed by atoms with Crippen molar-refractivity contribution in [2.24, 2.45) is 5.92 Å². The lowest BCUT2D eigenvalue weighted by atomic mass is 9.97. The van der Waals surface area contributed by atoms with Gasteiger partial charge in [0.05, 0.1) is 0 Å². The number of unbranched alkanes of at least 4 members (excludes halogenated alkanes) is 15. The van der Waals surface area contributed by atoms with Gasteiger partial charge in [0.1, 0.15) is 0 Å². The van der Waals surface area contributed by atoms with E-state index in [0.29, 0.717) is 12.3 Å². The maximum atomic E-state index is 11.8. The van der Waals surface area contributed by atoms with Crippen LogP contribution in [0.5, 0.6) is 0 Å². The predicted octanol–water partition coefficient (Wildman–Crippen LogP) is 9.71. The second kappa shape index (κ2) is 29.1. The summed E-state index contributed by atoms with van der Waals surface area (Å²) in [6.45, 7) is 6.10. The molecule has 206 valence electrons. The highest BCUT2D eigenvalue weighted by Crippen LogP contribution is 2.17. The van der Waals surface area contributed by atoms with Crippen LogP contribution >= 0.6 is 0 Å². The number of carbonyl (C=O) groups excluding carboxylic acids is 1. The average Bonchev–Trinajstić information content (AvgIpc) is 2.87. The highest BCUT2D eigenvalue weighted by molar-refractivity contribution is 5.75. The molecular weight excluding hydrogens is 430 g/mol. The number of amides is 1. The van der Waals surface area contributed by atoms with Crippen LogP contribution in [-0.2, 0) is 9.53 Å². The molecule has 0 fully saturated rings. The van der Waals surface area contributed by atoms with Crippen molar-refractivity contribution in [1.29, 1.82) is 0 Å². The van der Waals surface area contributed by atoms with E-state index in [4.69, 9.17) is 4.74 Å². The summed E-state index contributed by atoms with van der Waals surface area (Å²) in [6, 6.07) is 0. The van der Waals surface area contributed by atoms with Crippen LogP contribution in [0.25, 0.3) is 0 Å². The summed E-state index contributed by atoms with van der Waals surface area (Å²) < 4.78 is 5.98. The smallest absolute Gasteiger partial charge is 0.220 e. The van der Waals surface area contributed by atoms with Crippen molar-refractivity contribution in [3.63, 3.8) is 0 Å². The van der Waals surface area contributed by atoms with E-state index >= 15 is 0 Å². The summed E-state index contributed by atoms with van der Waals surface area (Å²) in [5.41, 5.74) is 0. The molecule has 0 rings (SSSR count). The Morgan fingerprint density at radius 3 is 1.83 bits per heavy atom. The van der Waals surface area contributed by atoms with E-state index in [2.05, 4.69) is 43.5 Å². The highest BCUT2D eigenvalue weighted by atomic mass is 16.5. The second-order valence-corrected chi connectivity index (χ2v) is 10.3. The molecule has 0 aliphatic carbocycles. The SMILES string of the molecule is CCCCC/C=C\C/C=C\CCCCCCCCOCC(CCCCCCCCC)CC(=O)NC. The van der Waals surface area contributed by atoms with Crippen molar-refractivity contribution < 1.29 is 9.53 Å². The lowest BCUT2D eigenvalue weighted by Gasteiger charge is -2.16. The lowest BCUT2D eigenvalue weighted by molar-refractivity contribution is -0.122. The number of ether oxygens (including phenoxy) is 1. The van der Waals surface area contributed by atoms with Gasteiger partial charge in [-0.15, -0.1) is 0 Å². The van der Waals surface area contributed by atoms with Crippen LogP contribution < -0.4 is 5.32 Å². The Balaban J connectivity index is 3.61. The van der Waals surface area contributed by atoms with E-state index < -0.39 is 0 Å². The van der Waals surface area contributed by atoms with Crippen LogP contribution in [0.3, 0.4) is 0 Å². The summed E-state index contributed by atoms with van der Waals surface area (Å²) in [7, 11) is 1.73. The number of nitrogens with one attached hydrogen (secondary N) is 1. The van der Waals surface area contributed by atoms with Crippen molar-refractivity contribution in [2.75, 3.05) is 20.3 Å². The molecule has 0 aromatic rings. The molecule has 0 aromatic carbocycles. The van der Waals surface area contributed by atoms with Crippen molar-refractivity contribution in [2.45, 2.75) is 149 Å². The molecule has 0 saturated carbocycles. The number of rotatable bonds is 27. The number of hydrogen-bond donors (Lipinski definition) is 1. The Hall–Kier alpha value is -1.09. The van der Waals surface area contributed by atoms with Gasteiger partial charge in [-0.1, -0.05) is 122 Å². The minimum Gasteiger partial charge on any atom is -0.381 e. The molecule has 0 aliphatic heterocycles. The molecule has 1 unspecified atom stereocenters. The van der Waals surface area contributed by atoms with Crippen LogP contribution in [-0.4, -0.2) is 26.2 Å². The van der Waals surface area contributed by atoms with E-state index in [1.165, 1.54) is 109 Å². The zero-order chi connectivity index (χ0) is 25.7. The van der Waals surface area contributed by atoms with Gasteiger partial charge in [0.2, 0.25) is 5.91 Å². The number of hydrogen-bond acceptors (Lipinski definition) is 2. The van der Waals surface area contributed by atoms with Crippen LogP contribution in [0.4, 0.5) is 0 Å². The molecule has 35 heavy (non-hydrogen) atoms. The molecule has 3 nitrogen and oxygen atoms in total. The maximum Gasteiger partial charge on any atom is 0.220 e. The largest absolute Gasteiger partial charge is 0.381 e. The molecule has 1 N–H and O–H groups in total. The summed E-state index contributed by atoms with van der Waals surface area (Å²) in [4.78, 5) is 11.8. The Bertz CT molecular complexity index is 486. The first-order valence-electron chi connectivity index (χ1n) is 15.3. The van der Waals surface area contributed by atoms with Gasteiger partial charge < -0.3 is 10.1 Å². The van der Waals surface area contributed by atoms with Gasteiger partial charge >= 0.3 is 0 Å². The van der Waals surface area contributed by atoms with Gasteiger partial charge in [0.15, 0.2) is 0 Å². The summed E-state index contributed by atoms with van der Waals surface area (Å²) >= 11 is 0. The Morgan fingerprint density at radius 2 is 1.20 bits per heavy atom. The quantitative estimate of drug-likeness (QED) is 0.0917. The first-order valence-corrected chi connectivity index (χ1v) is 15.3. The monoisotopic (exact) mass is 491 g/mol. The maximum absolute atomic E-state index is 11.8. The van der Waals surface area contributed by atoms with E-state index in [0.717, 1.165) is 32.5 Å². The molecule has 0 saturated heterocycles. The van der Waals surface area contributed by atoms with Crippen molar-refractivity contribution in [3.8, 4) is 0 Å². The van der Waals surface area contributed by atoms with Crippen LogP contribution in [0, 0.1) is 5.92 Å². The molecule has 0 spiro atoms. The van der Waals surface area contributed by atoms with E-state index in [-0.39, 0.29) is 5.91 Å². The first kappa shape index (κ1) is 33.9. The Morgan fingerprint density at radius 1 is 0.686 bits per heavy atom. The van der Waals surface area contributed by atoms with Crippen molar-refractivity contribution in [3.05, 3.63) is 24.3 Å². The van der Waals surface area contributed by atoms with Gasteiger partial charge in [-0.2, -0.15) is 0 Å². The third-order valence-electron chi connectivity index (χ3n) is 6.81. The molecule has 0 aliphatic rings. The van der Waals surface area contributed by atoms with Crippen LogP contribution in [0.2, 0.25) is 0 Å². The highest BCUT2D eigenvalue weighted by Gasteiger charge is 2.13. The van der Waals surface area contributed by atoms with Gasteiger partial charge in [-0.25, -0.2) is 0 Å². The van der Waals surface area contributed by atoms with Gasteiger partial charge in [0.25, 0.3) is 0 Å². The summed E-state index contributed by atoms with van der Waals surface area (Å²) in [5, 5.41) is 2.78. The molecule has 0 heterocycles. The topological polar surface area (TPSA) is 38.3 Å². The van der Waals surface area contributed by atoms with Crippen molar-refractivity contribution >= 4 is 5.91 Å². The van der Waals surface area contributed by atoms with E-state index in [1.54, 1.807) is 7.05 Å². The third kappa shape index (κ3) is 27.3. The Kier molecular flexibility index (Phi) is 28.2. The molecule has 0 radical (unpaired) electrons. The molecule has 3 heteroatoms. The van der Waals surface area contributed by atoms with Crippen LogP contribution in [0.15, 0.2) is 24.3 Å². The predicted molar refractivity (Wildman–Crippen MR) is 155 cm³/mol. The third-order valence-corrected chi connectivity index (χ3v) is 6.81. The van der Waals surface area contributed by atoms with E-state index in [9.17, 15) is 4.79 Å². The zero-order valence-electron chi connectivity index (χ0n) is 24.0. The second-order valence-electron chi connectivity index (χ2n) is 10.3. The Labute approximate surface area is 219 Å². The van der Waals surface area contributed by atoms with Crippen molar-refractivity contribution in [1.82, 2.24) is 5.32 Å². The van der Waals surface area contributed by atoms with Gasteiger partial charge in [-0.3, -0.25) is 4.79 Å². The minimum absolute atomic E-state index is 0.148. The lowest BCUT2D eigenvalue weighted by Crippen LogP contribution is -2.23. The fourth-order valence-electron chi connectivity index (χ4n) is 4.44. The summed E-state index contributed by atoms with van der Waals surface area (Å²) in [5.74, 6) is 0.519. The fourth-order valence-corrected chi connectivity index (χ4v) is 4.44. The first-order chi connectivity index (χ1) is 17.2. The number of allylic oxidation sites excluding steroid dienone is 4. The standard InChI is InChI=1S/C32H61NO2/c1-4-6-8-10-12-13-14-15-16-17-18-19-20-22-24-26-28-35-30-31(29-32(34)33-3)27-25-23-21-11-9-7-5-2/h12-13,15-16,31H,4-11,14,17-30H2,1-3H3,(H,33,34)/b13-12-,16-15-. The van der Waals surface area contributed by atoms with Crippen LogP contribution in [0.1, 0.15) is 149 Å². The van der Waals surface area contributed by atoms with Gasteiger partial charge in [0, 0.05) is 26.7 Å². The minimum atomic E-state index is 0.148. The molecule has 1 amide bonds. The molecular formula is C32H61NO2.